The Hall–Kier alpha value is -4.76. The molecule has 6 rings (SSSR count). The molecule has 2 unspecified atom stereocenters. The zero-order valence-electron chi connectivity index (χ0n) is 31.0. The van der Waals surface area contributed by atoms with Crippen LogP contribution in [0.1, 0.15) is 56.9 Å². The van der Waals surface area contributed by atoms with Crippen LogP contribution in [0.5, 0.6) is 23.0 Å². The van der Waals surface area contributed by atoms with E-state index in [0.29, 0.717) is 30.3 Å². The topological polar surface area (TPSA) is 102 Å². The number of epoxide rings is 2. The van der Waals surface area contributed by atoms with Gasteiger partial charge in [0, 0.05) is 10.8 Å². The lowest BCUT2D eigenvalue weighted by atomic mass is 9.78. The zero-order valence-corrected chi connectivity index (χ0v) is 31.0. The maximum absolute atomic E-state index is 10.5. The fourth-order valence-electron chi connectivity index (χ4n) is 5.34. The molecule has 2 aliphatic heterocycles. The summed E-state index contributed by atoms with van der Waals surface area (Å²) in [5.41, 5.74) is 4.95. The van der Waals surface area contributed by atoms with Crippen LogP contribution in [0.25, 0.3) is 0 Å². The Morgan fingerprint density at radius 2 is 0.846 bits per heavy atom. The van der Waals surface area contributed by atoms with Crippen LogP contribution in [0.15, 0.2) is 122 Å². The van der Waals surface area contributed by atoms with Gasteiger partial charge in [-0.15, -0.1) is 0 Å². The predicted octanol–water partition coefficient (Wildman–Crippen LogP) is 8.35. The van der Waals surface area contributed by atoms with E-state index in [4.69, 9.17) is 33.5 Å². The number of aliphatic hydroxyl groups excluding tert-OH is 2. The first-order valence-electron chi connectivity index (χ1n) is 17.7. The lowest BCUT2D eigenvalue weighted by Gasteiger charge is -2.26. The summed E-state index contributed by atoms with van der Waals surface area (Å²) in [6.07, 6.45) is -0.289. The summed E-state index contributed by atoms with van der Waals surface area (Å²) in [6, 6.07) is 32.6. The van der Waals surface area contributed by atoms with Gasteiger partial charge < -0.3 is 38.6 Å². The number of allylic oxidation sites excluding steroid dienone is 1. The first-order chi connectivity index (χ1) is 24.8. The first-order valence-corrected chi connectivity index (χ1v) is 17.7. The molecular formula is C44H52O8. The molecule has 0 aromatic heterocycles. The second-order valence-electron chi connectivity index (χ2n) is 14.4. The molecule has 2 atom stereocenters. The minimum absolute atomic E-state index is 0.0648. The molecule has 4 aromatic rings. The van der Waals surface area contributed by atoms with E-state index in [1.807, 2.05) is 48.5 Å². The number of benzene rings is 4. The lowest BCUT2D eigenvalue weighted by Crippen LogP contribution is -2.25. The summed E-state index contributed by atoms with van der Waals surface area (Å²) in [5.74, 6) is 3.17. The molecule has 0 radical (unpaired) electrons. The molecule has 2 fully saturated rings. The average molecular weight is 709 g/mol. The van der Waals surface area contributed by atoms with Crippen LogP contribution in [0, 0.1) is 0 Å². The van der Waals surface area contributed by atoms with Crippen LogP contribution in [-0.4, -0.2) is 68.2 Å². The highest BCUT2D eigenvalue weighted by atomic mass is 16.6. The van der Waals surface area contributed by atoms with E-state index in [0.717, 1.165) is 24.7 Å². The van der Waals surface area contributed by atoms with Crippen molar-refractivity contribution in [1.82, 2.24) is 0 Å². The van der Waals surface area contributed by atoms with Gasteiger partial charge in [0.25, 0.3) is 0 Å². The molecule has 4 aromatic carbocycles. The molecule has 52 heavy (non-hydrogen) atoms. The number of hydrogen-bond donors (Lipinski definition) is 2. The Kier molecular flexibility index (Phi) is 12.7. The normalized spacial score (nSPS) is 16.8. The fourth-order valence-corrected chi connectivity index (χ4v) is 5.34. The van der Waals surface area contributed by atoms with Crippen LogP contribution in [-0.2, 0) is 20.3 Å². The molecule has 0 aliphatic carbocycles. The standard InChI is InChI=1S/C39H44O7.C5H8O/c1-38(2,29-9-17-34(18-10-29)43-23-36-25-45-36)27-5-13-32(14-6-27)41-21-31(40)22-42-33-15-7-28(8-16-33)39(3,4)30-11-19-35(20-12-30)44-24-37-26-46-37;1-4(2)5(3)6/h5-20,31,36-37,40H,21-26H2,1-4H3;6H,1,3H2,2H3. The van der Waals surface area contributed by atoms with E-state index in [1.54, 1.807) is 6.92 Å². The van der Waals surface area contributed by atoms with Gasteiger partial charge in [0.15, 0.2) is 0 Å². The molecule has 276 valence electrons. The van der Waals surface area contributed by atoms with Crippen molar-refractivity contribution in [1.29, 1.82) is 0 Å². The highest BCUT2D eigenvalue weighted by molar-refractivity contribution is 5.43. The number of ether oxygens (including phenoxy) is 6. The van der Waals surface area contributed by atoms with Crippen molar-refractivity contribution in [2.45, 2.75) is 63.8 Å². The van der Waals surface area contributed by atoms with Crippen LogP contribution >= 0.6 is 0 Å². The summed E-state index contributed by atoms with van der Waals surface area (Å²) in [7, 11) is 0. The van der Waals surface area contributed by atoms with Crippen molar-refractivity contribution >= 4 is 0 Å². The minimum atomic E-state index is -0.772. The van der Waals surface area contributed by atoms with Crippen molar-refractivity contribution in [3.63, 3.8) is 0 Å². The van der Waals surface area contributed by atoms with Crippen molar-refractivity contribution < 1.29 is 38.6 Å². The first kappa shape index (κ1) is 38.5. The Morgan fingerprint density at radius 3 is 1.08 bits per heavy atom. The van der Waals surface area contributed by atoms with Gasteiger partial charge >= 0.3 is 0 Å². The third-order valence-corrected chi connectivity index (χ3v) is 9.36. The SMILES string of the molecule is C=C(C)C(=C)O.CC(C)(c1ccc(OCC(O)COc2ccc(C(C)(C)c3ccc(OCC4CO4)cc3)cc2)cc1)c1ccc(OCC2CO2)cc1. The molecule has 0 bridgehead atoms. The fraction of sp³-hybridized carbons (Fsp3) is 0.364. The lowest BCUT2D eigenvalue weighted by molar-refractivity contribution is 0.0626. The molecule has 2 aliphatic rings. The van der Waals surface area contributed by atoms with Gasteiger partial charge in [0.1, 0.15) is 73.5 Å². The third kappa shape index (κ3) is 11.1. The van der Waals surface area contributed by atoms with E-state index in [9.17, 15) is 5.11 Å². The molecular weight excluding hydrogens is 656 g/mol. The van der Waals surface area contributed by atoms with E-state index < -0.39 is 6.10 Å². The van der Waals surface area contributed by atoms with Gasteiger partial charge in [0.05, 0.1) is 13.2 Å². The molecule has 2 N–H and O–H groups in total. The van der Waals surface area contributed by atoms with Crippen LogP contribution in [0.3, 0.4) is 0 Å². The third-order valence-electron chi connectivity index (χ3n) is 9.36. The highest BCUT2D eigenvalue weighted by Gasteiger charge is 2.26. The van der Waals surface area contributed by atoms with Gasteiger partial charge in [0.2, 0.25) is 0 Å². The summed E-state index contributed by atoms with van der Waals surface area (Å²) in [5, 5.41) is 18.9. The number of rotatable bonds is 17. The molecule has 0 amide bonds. The molecule has 8 heteroatoms. The van der Waals surface area contributed by atoms with Crippen LogP contribution in [0.4, 0.5) is 0 Å². The second-order valence-corrected chi connectivity index (χ2v) is 14.4. The van der Waals surface area contributed by atoms with Crippen LogP contribution in [0.2, 0.25) is 0 Å². The largest absolute Gasteiger partial charge is 0.508 e. The van der Waals surface area contributed by atoms with Crippen molar-refractivity contribution in [3.05, 3.63) is 144 Å². The maximum atomic E-state index is 10.5. The van der Waals surface area contributed by atoms with Gasteiger partial charge in [-0.25, -0.2) is 0 Å². The van der Waals surface area contributed by atoms with Crippen molar-refractivity contribution in [2.75, 3.05) is 39.6 Å². The van der Waals surface area contributed by atoms with Gasteiger partial charge in [-0.05, 0) is 83.3 Å². The smallest absolute Gasteiger partial charge is 0.122 e. The summed E-state index contributed by atoms with van der Waals surface area (Å²) < 4.78 is 33.7. The summed E-state index contributed by atoms with van der Waals surface area (Å²) in [6.45, 7) is 20.2. The highest BCUT2D eigenvalue weighted by Crippen LogP contribution is 2.35. The minimum Gasteiger partial charge on any atom is -0.508 e. The predicted molar refractivity (Wildman–Crippen MR) is 204 cm³/mol. The summed E-state index contributed by atoms with van der Waals surface area (Å²) in [4.78, 5) is 0. The van der Waals surface area contributed by atoms with E-state index in [2.05, 4.69) is 89.4 Å². The van der Waals surface area contributed by atoms with Gasteiger partial charge in [-0.2, -0.15) is 0 Å². The molecule has 8 nitrogen and oxygen atoms in total. The quantitative estimate of drug-likeness (QED) is 0.0642. The maximum Gasteiger partial charge on any atom is 0.122 e. The average Bonchev–Trinajstić information content (AvgIpc) is 4.09. The van der Waals surface area contributed by atoms with E-state index >= 15 is 0 Å². The Balaban J connectivity index is 0.000000803. The van der Waals surface area contributed by atoms with Crippen molar-refractivity contribution in [2.24, 2.45) is 0 Å². The van der Waals surface area contributed by atoms with E-state index in [-0.39, 0.29) is 42.0 Å². The Morgan fingerprint density at radius 1 is 0.596 bits per heavy atom. The molecule has 2 saturated heterocycles. The number of aliphatic hydroxyl groups is 2. The van der Waals surface area contributed by atoms with Gasteiger partial charge in [-0.3, -0.25) is 0 Å². The Labute approximate surface area is 308 Å². The zero-order chi connectivity index (χ0) is 37.3. The molecule has 0 saturated carbocycles. The van der Waals surface area contributed by atoms with E-state index in [1.165, 1.54) is 22.3 Å². The van der Waals surface area contributed by atoms with Crippen molar-refractivity contribution in [3.8, 4) is 23.0 Å². The second kappa shape index (κ2) is 17.2. The molecule has 0 spiro atoms. The molecule has 2 heterocycles. The monoisotopic (exact) mass is 708 g/mol. The van der Waals surface area contributed by atoms with Crippen LogP contribution < -0.4 is 18.9 Å². The Bertz CT molecular complexity index is 1600. The van der Waals surface area contributed by atoms with Gasteiger partial charge in [-0.1, -0.05) is 89.4 Å². The number of hydrogen-bond acceptors (Lipinski definition) is 8. The summed E-state index contributed by atoms with van der Waals surface area (Å²) >= 11 is 0.